The topological polar surface area (TPSA) is 17.8 Å². The van der Waals surface area contributed by atoms with Crippen molar-refractivity contribution in [2.45, 2.75) is 6.92 Å². The summed E-state index contributed by atoms with van der Waals surface area (Å²) in [5.74, 6) is 0. The molecule has 0 aromatic carbocycles. The van der Waals surface area contributed by atoms with Gasteiger partial charge in [0.1, 0.15) is 0 Å². The zero-order chi connectivity index (χ0) is 5.28. The quantitative estimate of drug-likeness (QED) is 0.430. The van der Waals surface area contributed by atoms with Crippen molar-refractivity contribution in [3.05, 3.63) is 18.0 Å². The van der Waals surface area contributed by atoms with Gasteiger partial charge in [-0.2, -0.15) is 5.56 Å². The van der Waals surface area contributed by atoms with Gasteiger partial charge in [-0.05, 0) is 0 Å². The van der Waals surface area contributed by atoms with E-state index in [9.17, 15) is 0 Å². The standard InChI is InChI=1S/C5H7N2/c1-5-3-6-7(2)4-5/h3H,1-2H3/q-1. The third-order valence-electron chi connectivity index (χ3n) is 0.763. The third-order valence-corrected chi connectivity index (χ3v) is 0.763. The molecule has 1 rings (SSSR count). The summed E-state index contributed by atoms with van der Waals surface area (Å²) in [5.41, 5.74) is 1.09. The molecule has 1 aromatic heterocycles. The lowest BCUT2D eigenvalue weighted by Gasteiger charge is -1.89. The molecule has 0 aliphatic rings. The summed E-state index contributed by atoms with van der Waals surface area (Å²) in [7, 11) is 1.85. The van der Waals surface area contributed by atoms with Crippen LogP contribution in [0.2, 0.25) is 0 Å². The van der Waals surface area contributed by atoms with Crippen molar-refractivity contribution in [3.63, 3.8) is 0 Å². The molecule has 0 fully saturated rings. The van der Waals surface area contributed by atoms with Gasteiger partial charge < -0.3 is 4.68 Å². The maximum Gasteiger partial charge on any atom is 0.00775 e. The molecule has 0 radical (unpaired) electrons. The predicted octanol–water partition coefficient (Wildman–Crippen LogP) is 0.529. The first-order chi connectivity index (χ1) is 3.29. The van der Waals surface area contributed by atoms with Crippen LogP contribution in [0.3, 0.4) is 0 Å². The average molecular weight is 95.1 g/mol. The molecule has 0 aliphatic carbocycles. The fourth-order valence-corrected chi connectivity index (χ4v) is 0.486. The average Bonchev–Trinajstić information content (AvgIpc) is 1.87. The fourth-order valence-electron chi connectivity index (χ4n) is 0.486. The molecule has 0 bridgehead atoms. The smallest absolute Gasteiger partial charge is 0.00775 e. The van der Waals surface area contributed by atoms with Gasteiger partial charge in [0.25, 0.3) is 0 Å². The molecule has 38 valence electrons. The van der Waals surface area contributed by atoms with Crippen LogP contribution in [-0.4, -0.2) is 9.78 Å². The van der Waals surface area contributed by atoms with Gasteiger partial charge in [-0.3, -0.25) is 5.10 Å². The summed E-state index contributed by atoms with van der Waals surface area (Å²) in [4.78, 5) is 0. The van der Waals surface area contributed by atoms with Crippen LogP contribution in [0.5, 0.6) is 0 Å². The fraction of sp³-hybridized carbons (Fsp3) is 0.400. The van der Waals surface area contributed by atoms with Gasteiger partial charge >= 0.3 is 0 Å². The molecule has 0 saturated heterocycles. The summed E-state index contributed by atoms with van der Waals surface area (Å²) < 4.78 is 1.66. The Balaban J connectivity index is 3.04. The molecule has 1 heterocycles. The summed E-state index contributed by atoms with van der Waals surface area (Å²) in [6.45, 7) is 1.97. The third kappa shape index (κ3) is 0.796. The molecule has 1 aromatic rings. The van der Waals surface area contributed by atoms with E-state index in [-0.39, 0.29) is 0 Å². The summed E-state index contributed by atoms with van der Waals surface area (Å²) >= 11 is 0. The minimum absolute atomic E-state index is 1.09. The van der Waals surface area contributed by atoms with Crippen molar-refractivity contribution in [3.8, 4) is 0 Å². The van der Waals surface area contributed by atoms with Gasteiger partial charge in [0, 0.05) is 7.05 Å². The van der Waals surface area contributed by atoms with Gasteiger partial charge in [-0.25, -0.2) is 0 Å². The van der Waals surface area contributed by atoms with Crippen molar-refractivity contribution in [1.82, 2.24) is 9.78 Å². The van der Waals surface area contributed by atoms with Crippen molar-refractivity contribution >= 4 is 0 Å². The monoisotopic (exact) mass is 95.1 g/mol. The number of rotatable bonds is 0. The minimum atomic E-state index is 1.09. The second-order valence-corrected chi connectivity index (χ2v) is 1.56. The van der Waals surface area contributed by atoms with Gasteiger partial charge in [0.15, 0.2) is 0 Å². The van der Waals surface area contributed by atoms with Crippen molar-refractivity contribution in [1.29, 1.82) is 0 Å². The molecule has 0 amide bonds. The lowest BCUT2D eigenvalue weighted by Crippen LogP contribution is -1.84. The number of aromatic nitrogens is 2. The van der Waals surface area contributed by atoms with Gasteiger partial charge in [-0.15, -0.1) is 12.4 Å². The van der Waals surface area contributed by atoms with E-state index in [0.29, 0.717) is 0 Å². The Kier molecular flexibility index (Phi) is 0.855. The molecule has 0 saturated carbocycles. The summed E-state index contributed by atoms with van der Waals surface area (Å²) in [6.07, 6.45) is 4.72. The Morgan fingerprint density at radius 3 is 2.71 bits per heavy atom. The van der Waals surface area contributed by atoms with E-state index in [2.05, 4.69) is 11.3 Å². The lowest BCUT2D eigenvalue weighted by atomic mass is 10.4. The van der Waals surface area contributed by atoms with E-state index in [4.69, 9.17) is 0 Å². The van der Waals surface area contributed by atoms with Crippen molar-refractivity contribution in [2.75, 3.05) is 0 Å². The SMILES string of the molecule is Cc1[c-]n(C)nc1. The number of nitrogens with zero attached hydrogens (tertiary/aromatic N) is 2. The Hall–Kier alpha value is -0.790. The Morgan fingerprint density at radius 2 is 2.57 bits per heavy atom. The van der Waals surface area contributed by atoms with E-state index >= 15 is 0 Å². The predicted molar refractivity (Wildman–Crippen MR) is 26.8 cm³/mol. The molecule has 0 atom stereocenters. The Labute approximate surface area is 42.8 Å². The maximum absolute atomic E-state index is 3.88. The van der Waals surface area contributed by atoms with Crippen molar-refractivity contribution < 1.29 is 0 Å². The van der Waals surface area contributed by atoms with E-state index in [1.165, 1.54) is 0 Å². The number of hydrogen-bond donors (Lipinski definition) is 0. The lowest BCUT2D eigenvalue weighted by molar-refractivity contribution is 0.761. The van der Waals surface area contributed by atoms with Crippen LogP contribution < -0.4 is 0 Å². The van der Waals surface area contributed by atoms with E-state index in [1.54, 1.807) is 10.9 Å². The van der Waals surface area contributed by atoms with Crippen LogP contribution in [0.15, 0.2) is 6.20 Å². The highest BCUT2D eigenvalue weighted by atomic mass is 15.2. The second-order valence-electron chi connectivity index (χ2n) is 1.56. The van der Waals surface area contributed by atoms with Gasteiger partial charge in [-0.1, -0.05) is 6.92 Å². The highest BCUT2D eigenvalue weighted by molar-refractivity contribution is 4.96. The van der Waals surface area contributed by atoms with Crippen LogP contribution in [0, 0.1) is 13.1 Å². The Bertz CT molecular complexity index is 138. The first-order valence-corrected chi connectivity index (χ1v) is 2.17. The molecule has 2 heteroatoms. The summed E-state index contributed by atoms with van der Waals surface area (Å²) in [6, 6.07) is 0. The van der Waals surface area contributed by atoms with E-state index in [0.717, 1.165) is 5.56 Å². The van der Waals surface area contributed by atoms with Crippen LogP contribution in [0.1, 0.15) is 5.56 Å². The zero-order valence-electron chi connectivity index (χ0n) is 4.47. The minimum Gasteiger partial charge on any atom is -0.379 e. The molecule has 2 nitrogen and oxygen atoms in total. The van der Waals surface area contributed by atoms with Gasteiger partial charge in [0.2, 0.25) is 0 Å². The molecule has 0 N–H and O–H groups in total. The van der Waals surface area contributed by atoms with Gasteiger partial charge in [0.05, 0.1) is 0 Å². The first-order valence-electron chi connectivity index (χ1n) is 2.17. The second kappa shape index (κ2) is 1.37. The molecule has 0 aliphatic heterocycles. The normalized spacial score (nSPS) is 9.43. The number of aryl methyl sites for hydroxylation is 2. The van der Waals surface area contributed by atoms with E-state index in [1.807, 2.05) is 14.0 Å². The van der Waals surface area contributed by atoms with E-state index < -0.39 is 0 Å². The largest absolute Gasteiger partial charge is 0.379 e. The molecular weight excluding hydrogens is 88.1 g/mol. The highest BCUT2D eigenvalue weighted by Gasteiger charge is 1.68. The van der Waals surface area contributed by atoms with Crippen LogP contribution in [-0.2, 0) is 7.05 Å². The Morgan fingerprint density at radius 1 is 1.86 bits per heavy atom. The van der Waals surface area contributed by atoms with Crippen LogP contribution in [0.25, 0.3) is 0 Å². The molecular formula is C5H7N2-. The maximum atomic E-state index is 3.88. The molecule has 0 spiro atoms. The summed E-state index contributed by atoms with van der Waals surface area (Å²) in [5, 5.41) is 3.88. The van der Waals surface area contributed by atoms with Crippen molar-refractivity contribution in [2.24, 2.45) is 7.05 Å². The van der Waals surface area contributed by atoms with Crippen LogP contribution >= 0.6 is 0 Å². The first kappa shape index (κ1) is 4.37. The highest BCUT2D eigenvalue weighted by Crippen LogP contribution is 1.87. The zero-order valence-corrected chi connectivity index (χ0v) is 4.47. The van der Waals surface area contributed by atoms with Crippen LogP contribution in [0.4, 0.5) is 0 Å². The number of hydrogen-bond acceptors (Lipinski definition) is 1. The molecule has 0 unspecified atom stereocenters. The molecule has 7 heavy (non-hydrogen) atoms.